The lowest BCUT2D eigenvalue weighted by Crippen LogP contribution is -2.29. The first kappa shape index (κ1) is 53.2. The summed E-state index contributed by atoms with van der Waals surface area (Å²) in [6.45, 7) is 3.70. The first-order chi connectivity index (χ1) is 26.8. The van der Waals surface area contributed by atoms with Crippen LogP contribution in [0.4, 0.5) is 0 Å². The second-order valence-corrected chi connectivity index (χ2v) is 16.4. The summed E-state index contributed by atoms with van der Waals surface area (Å²) in [6, 6.07) is 0. The van der Waals surface area contributed by atoms with E-state index < -0.39 is 26.5 Å². The van der Waals surface area contributed by atoms with E-state index >= 15 is 0 Å². The number of phosphoric acid groups is 1. The third-order valence-corrected chi connectivity index (χ3v) is 10.5. The van der Waals surface area contributed by atoms with Crippen molar-refractivity contribution in [2.24, 2.45) is 5.73 Å². The number of hydrogen-bond acceptors (Lipinski definition) is 8. The van der Waals surface area contributed by atoms with E-state index in [0.29, 0.717) is 6.42 Å². The van der Waals surface area contributed by atoms with Crippen LogP contribution < -0.4 is 5.73 Å². The fourth-order valence-corrected chi connectivity index (χ4v) is 6.89. The Balaban J connectivity index is 4.13. The quantitative estimate of drug-likeness (QED) is 0.0268. The van der Waals surface area contributed by atoms with Gasteiger partial charge in [-0.3, -0.25) is 18.6 Å². The molecule has 2 atom stereocenters. The second-order valence-electron chi connectivity index (χ2n) is 14.9. The van der Waals surface area contributed by atoms with Gasteiger partial charge in [0, 0.05) is 19.4 Å². The zero-order valence-corrected chi connectivity index (χ0v) is 36.3. The summed E-state index contributed by atoms with van der Waals surface area (Å²) < 4.78 is 32.8. The Hall–Kier alpha value is -1.77. The van der Waals surface area contributed by atoms with Crippen molar-refractivity contribution in [3.05, 3.63) is 36.5 Å². The van der Waals surface area contributed by atoms with E-state index in [1.54, 1.807) is 0 Å². The minimum absolute atomic E-state index is 0.0520. The summed E-state index contributed by atoms with van der Waals surface area (Å²) in [5.74, 6) is -0.835. The number of rotatable bonds is 42. The lowest BCUT2D eigenvalue weighted by atomic mass is 10.1. The zero-order valence-electron chi connectivity index (χ0n) is 35.4. The van der Waals surface area contributed by atoms with Crippen LogP contribution in [0.5, 0.6) is 0 Å². The Kier molecular flexibility index (Phi) is 40.5. The van der Waals surface area contributed by atoms with Gasteiger partial charge >= 0.3 is 19.8 Å². The van der Waals surface area contributed by atoms with Crippen molar-refractivity contribution in [1.82, 2.24) is 0 Å². The third kappa shape index (κ3) is 41.7. The summed E-state index contributed by atoms with van der Waals surface area (Å²) in [5, 5.41) is 0. The normalized spacial score (nSPS) is 13.6. The molecule has 9 nitrogen and oxygen atoms in total. The summed E-state index contributed by atoms with van der Waals surface area (Å²) >= 11 is 0. The molecule has 0 rings (SSSR count). The molecule has 0 aliphatic heterocycles. The lowest BCUT2D eigenvalue weighted by molar-refractivity contribution is -0.161. The van der Waals surface area contributed by atoms with Gasteiger partial charge in [-0.25, -0.2) is 4.57 Å². The smallest absolute Gasteiger partial charge is 0.462 e. The molecule has 0 aliphatic carbocycles. The molecular formula is C45H84NO8P. The fraction of sp³-hybridized carbons (Fsp3) is 0.822. The summed E-state index contributed by atoms with van der Waals surface area (Å²) in [7, 11) is -4.38. The molecule has 0 radical (unpaired) electrons. The number of phosphoric ester groups is 1. The molecule has 0 saturated heterocycles. The van der Waals surface area contributed by atoms with Crippen LogP contribution >= 0.6 is 7.82 Å². The topological polar surface area (TPSA) is 134 Å². The predicted octanol–water partition coefficient (Wildman–Crippen LogP) is 12.9. The first-order valence-corrected chi connectivity index (χ1v) is 24.0. The van der Waals surface area contributed by atoms with E-state index in [9.17, 15) is 19.0 Å². The summed E-state index contributed by atoms with van der Waals surface area (Å²) in [5.41, 5.74) is 5.35. The van der Waals surface area contributed by atoms with E-state index in [4.69, 9.17) is 24.3 Å². The average Bonchev–Trinajstić information content (AvgIpc) is 3.17. The Labute approximate surface area is 337 Å². The Bertz CT molecular complexity index is 1000. The molecule has 55 heavy (non-hydrogen) atoms. The molecule has 10 heteroatoms. The van der Waals surface area contributed by atoms with Gasteiger partial charge in [0.2, 0.25) is 0 Å². The number of allylic oxidation sites excluding steroid dienone is 6. The summed E-state index contributed by atoms with van der Waals surface area (Å²) in [6.07, 6.45) is 45.9. The molecule has 0 aliphatic rings. The van der Waals surface area contributed by atoms with E-state index in [1.807, 2.05) is 0 Å². The largest absolute Gasteiger partial charge is 0.472 e. The molecule has 0 aromatic rings. The number of esters is 2. The number of carbonyl (C=O) groups is 2. The molecule has 322 valence electrons. The number of nitrogens with two attached hydrogens (primary N) is 1. The highest BCUT2D eigenvalue weighted by Gasteiger charge is 2.26. The number of carbonyl (C=O) groups excluding carboxylic acids is 2. The van der Waals surface area contributed by atoms with E-state index in [0.717, 1.165) is 64.2 Å². The SMILES string of the molecule is CCCCC/C=C/C/C=C/CCCCCCCCCCCC(=O)O[C@H](COC(=O)CCCCCCCCC/C=C/CCCCCC)COP(=O)(O)OCCN. The third-order valence-electron chi connectivity index (χ3n) is 9.50. The Morgan fingerprint density at radius 2 is 0.945 bits per heavy atom. The van der Waals surface area contributed by atoms with E-state index in [2.05, 4.69) is 50.3 Å². The molecule has 0 heterocycles. The van der Waals surface area contributed by atoms with Crippen LogP contribution in [0, 0.1) is 0 Å². The van der Waals surface area contributed by atoms with Gasteiger partial charge in [0.25, 0.3) is 0 Å². The van der Waals surface area contributed by atoms with Crippen molar-refractivity contribution < 1.29 is 37.6 Å². The lowest BCUT2D eigenvalue weighted by Gasteiger charge is -2.19. The van der Waals surface area contributed by atoms with Gasteiger partial charge in [-0.2, -0.15) is 0 Å². The van der Waals surface area contributed by atoms with Crippen molar-refractivity contribution in [2.75, 3.05) is 26.4 Å². The molecule has 3 N–H and O–H groups in total. The molecule has 0 bridgehead atoms. The second kappa shape index (κ2) is 41.9. The maximum absolute atomic E-state index is 12.6. The van der Waals surface area contributed by atoms with Crippen LogP contribution in [0.1, 0.15) is 206 Å². The van der Waals surface area contributed by atoms with Crippen LogP contribution in [0.2, 0.25) is 0 Å². The van der Waals surface area contributed by atoms with Gasteiger partial charge in [0.1, 0.15) is 6.61 Å². The first-order valence-electron chi connectivity index (χ1n) is 22.5. The van der Waals surface area contributed by atoms with Crippen molar-refractivity contribution in [3.8, 4) is 0 Å². The molecule has 1 unspecified atom stereocenters. The Morgan fingerprint density at radius 1 is 0.545 bits per heavy atom. The van der Waals surface area contributed by atoms with E-state index in [-0.39, 0.29) is 38.6 Å². The van der Waals surface area contributed by atoms with Gasteiger partial charge in [0.15, 0.2) is 6.10 Å². The molecule has 0 spiro atoms. The minimum Gasteiger partial charge on any atom is -0.462 e. The standard InChI is InChI=1S/C45H84NO8P/c1-3-5-7-9-11-13-15-17-19-20-21-22-24-26-28-30-32-34-36-38-45(48)54-43(42-53-55(49,50)52-40-39-46)41-51-44(47)37-35-33-31-29-27-25-23-18-16-14-12-10-8-6-4-2/h11,13-14,16-17,19,43H,3-10,12,15,18,20-42,46H2,1-2H3,(H,49,50)/b13-11+,16-14+,19-17+/t43-/m1/s1. The summed E-state index contributed by atoms with van der Waals surface area (Å²) in [4.78, 5) is 34.9. The van der Waals surface area contributed by atoms with Crippen molar-refractivity contribution >= 4 is 19.8 Å². The molecular weight excluding hydrogens is 713 g/mol. The highest BCUT2D eigenvalue weighted by atomic mass is 31.2. The van der Waals surface area contributed by atoms with Crippen molar-refractivity contribution in [1.29, 1.82) is 0 Å². The van der Waals surface area contributed by atoms with Crippen LogP contribution in [-0.4, -0.2) is 49.3 Å². The van der Waals surface area contributed by atoms with Gasteiger partial charge in [-0.1, -0.05) is 159 Å². The van der Waals surface area contributed by atoms with Crippen LogP contribution in [-0.2, 0) is 32.7 Å². The van der Waals surface area contributed by atoms with Gasteiger partial charge in [0.05, 0.1) is 13.2 Å². The maximum Gasteiger partial charge on any atom is 0.472 e. The predicted molar refractivity (Wildman–Crippen MR) is 229 cm³/mol. The monoisotopic (exact) mass is 798 g/mol. The maximum atomic E-state index is 12.6. The average molecular weight is 798 g/mol. The van der Waals surface area contributed by atoms with Gasteiger partial charge < -0.3 is 20.1 Å². The van der Waals surface area contributed by atoms with Gasteiger partial charge in [-0.15, -0.1) is 0 Å². The van der Waals surface area contributed by atoms with E-state index in [1.165, 1.54) is 109 Å². The fourth-order valence-electron chi connectivity index (χ4n) is 6.13. The van der Waals surface area contributed by atoms with Crippen molar-refractivity contribution in [3.63, 3.8) is 0 Å². The molecule has 0 amide bonds. The van der Waals surface area contributed by atoms with Crippen LogP contribution in [0.25, 0.3) is 0 Å². The highest BCUT2D eigenvalue weighted by molar-refractivity contribution is 7.47. The minimum atomic E-state index is -4.38. The molecule has 0 fully saturated rings. The molecule has 0 aromatic carbocycles. The van der Waals surface area contributed by atoms with Gasteiger partial charge in [-0.05, 0) is 70.6 Å². The highest BCUT2D eigenvalue weighted by Crippen LogP contribution is 2.43. The van der Waals surface area contributed by atoms with Crippen molar-refractivity contribution in [2.45, 2.75) is 213 Å². The molecule has 0 saturated carbocycles. The Morgan fingerprint density at radius 3 is 1.44 bits per heavy atom. The number of ether oxygens (including phenoxy) is 2. The van der Waals surface area contributed by atoms with Crippen LogP contribution in [0.3, 0.4) is 0 Å². The number of unbranched alkanes of at least 4 members (excludes halogenated alkanes) is 23. The molecule has 0 aromatic heterocycles. The van der Waals surface area contributed by atoms with Crippen LogP contribution in [0.15, 0.2) is 36.5 Å². The zero-order chi connectivity index (χ0) is 40.3. The number of hydrogen-bond donors (Lipinski definition) is 2.